The van der Waals surface area contributed by atoms with Crippen LogP contribution in [0.15, 0.2) is 56.7 Å². The number of Topliss-reactive ketones (excluding diaryl/α,β-unsaturated/α-hetero) is 1. The van der Waals surface area contributed by atoms with Crippen LogP contribution in [0.5, 0.6) is 5.75 Å². The molecular formula is C16H11BrO2S. The molecule has 0 aromatic heterocycles. The number of carbonyl (C=O) groups is 1. The van der Waals surface area contributed by atoms with E-state index in [1.54, 1.807) is 7.11 Å². The second kappa shape index (κ2) is 5.46. The van der Waals surface area contributed by atoms with E-state index in [-0.39, 0.29) is 5.78 Å². The van der Waals surface area contributed by atoms with E-state index >= 15 is 0 Å². The van der Waals surface area contributed by atoms with Gasteiger partial charge >= 0.3 is 0 Å². The van der Waals surface area contributed by atoms with Crippen molar-refractivity contribution in [2.24, 2.45) is 0 Å². The van der Waals surface area contributed by atoms with Gasteiger partial charge in [0.25, 0.3) is 0 Å². The SMILES string of the molecule is COc1ccc(/C=C2\Sc3ccccc3C2=O)cc1Br. The van der Waals surface area contributed by atoms with Crippen LogP contribution in [-0.4, -0.2) is 12.9 Å². The van der Waals surface area contributed by atoms with E-state index in [0.717, 1.165) is 31.1 Å². The molecule has 0 bridgehead atoms. The highest BCUT2D eigenvalue weighted by Crippen LogP contribution is 2.40. The van der Waals surface area contributed by atoms with E-state index in [1.165, 1.54) is 11.8 Å². The maximum absolute atomic E-state index is 12.3. The summed E-state index contributed by atoms with van der Waals surface area (Å²) < 4.78 is 6.08. The number of ketones is 1. The number of halogens is 1. The van der Waals surface area contributed by atoms with Crippen molar-refractivity contribution >= 4 is 39.6 Å². The first kappa shape index (κ1) is 13.5. The molecule has 1 aliphatic rings. The summed E-state index contributed by atoms with van der Waals surface area (Å²) in [4.78, 5) is 14.1. The topological polar surface area (TPSA) is 26.3 Å². The van der Waals surface area contributed by atoms with Gasteiger partial charge in [-0.2, -0.15) is 0 Å². The van der Waals surface area contributed by atoms with E-state index in [0.29, 0.717) is 0 Å². The average Bonchev–Trinajstić information content (AvgIpc) is 2.76. The van der Waals surface area contributed by atoms with E-state index in [9.17, 15) is 4.79 Å². The number of methoxy groups -OCH3 is 1. The predicted molar refractivity (Wildman–Crippen MR) is 85.3 cm³/mol. The van der Waals surface area contributed by atoms with Crippen LogP contribution in [0.1, 0.15) is 15.9 Å². The Hall–Kier alpha value is -1.52. The zero-order chi connectivity index (χ0) is 14.1. The third-order valence-electron chi connectivity index (χ3n) is 3.05. The molecule has 2 aromatic rings. The molecule has 20 heavy (non-hydrogen) atoms. The highest BCUT2D eigenvalue weighted by atomic mass is 79.9. The van der Waals surface area contributed by atoms with Crippen molar-refractivity contribution in [3.05, 3.63) is 63.0 Å². The van der Waals surface area contributed by atoms with Crippen LogP contribution in [0, 0.1) is 0 Å². The average molecular weight is 347 g/mol. The highest BCUT2D eigenvalue weighted by Gasteiger charge is 2.25. The van der Waals surface area contributed by atoms with Crippen molar-refractivity contribution in [2.75, 3.05) is 7.11 Å². The molecule has 0 spiro atoms. The Labute approximate surface area is 130 Å². The first-order valence-corrected chi connectivity index (χ1v) is 7.67. The Kier molecular flexibility index (Phi) is 3.68. The Morgan fingerprint density at radius 1 is 1.20 bits per heavy atom. The van der Waals surface area contributed by atoms with Gasteiger partial charge in [0, 0.05) is 10.5 Å². The summed E-state index contributed by atoms with van der Waals surface area (Å²) in [6.45, 7) is 0. The van der Waals surface area contributed by atoms with Crippen LogP contribution < -0.4 is 4.74 Å². The van der Waals surface area contributed by atoms with Crippen LogP contribution in [0.4, 0.5) is 0 Å². The maximum atomic E-state index is 12.3. The monoisotopic (exact) mass is 346 g/mol. The van der Waals surface area contributed by atoms with Gasteiger partial charge in [-0.1, -0.05) is 30.0 Å². The van der Waals surface area contributed by atoms with Gasteiger partial charge in [0.05, 0.1) is 16.5 Å². The number of carbonyl (C=O) groups excluding carboxylic acids is 1. The van der Waals surface area contributed by atoms with E-state index in [2.05, 4.69) is 15.9 Å². The lowest BCUT2D eigenvalue weighted by molar-refractivity contribution is 0.104. The summed E-state index contributed by atoms with van der Waals surface area (Å²) in [5.41, 5.74) is 1.76. The van der Waals surface area contributed by atoms with Crippen LogP contribution in [-0.2, 0) is 0 Å². The van der Waals surface area contributed by atoms with Crippen molar-refractivity contribution in [1.82, 2.24) is 0 Å². The Morgan fingerprint density at radius 2 is 2.00 bits per heavy atom. The lowest BCUT2D eigenvalue weighted by Gasteiger charge is -2.04. The number of thioether (sulfide) groups is 1. The summed E-state index contributed by atoms with van der Waals surface area (Å²) in [6.07, 6.45) is 1.91. The van der Waals surface area contributed by atoms with Crippen LogP contribution in [0.25, 0.3) is 6.08 Å². The Bertz CT molecular complexity index is 722. The zero-order valence-electron chi connectivity index (χ0n) is 10.7. The van der Waals surface area contributed by atoms with Crippen LogP contribution in [0.2, 0.25) is 0 Å². The normalized spacial score (nSPS) is 15.5. The minimum atomic E-state index is 0.0949. The van der Waals surface area contributed by atoms with Crippen molar-refractivity contribution in [3.63, 3.8) is 0 Å². The third-order valence-corrected chi connectivity index (χ3v) is 4.77. The minimum absolute atomic E-state index is 0.0949. The number of benzene rings is 2. The lowest BCUT2D eigenvalue weighted by atomic mass is 10.1. The van der Waals surface area contributed by atoms with Gasteiger partial charge < -0.3 is 4.74 Å². The fourth-order valence-corrected chi connectivity index (χ4v) is 3.67. The van der Waals surface area contributed by atoms with E-state index < -0.39 is 0 Å². The molecule has 0 saturated heterocycles. The fraction of sp³-hybridized carbons (Fsp3) is 0.0625. The van der Waals surface area contributed by atoms with Crippen molar-refractivity contribution < 1.29 is 9.53 Å². The molecule has 1 heterocycles. The zero-order valence-corrected chi connectivity index (χ0v) is 13.1. The molecule has 0 radical (unpaired) electrons. The Balaban J connectivity index is 1.95. The molecule has 0 saturated carbocycles. The smallest absolute Gasteiger partial charge is 0.200 e. The van der Waals surface area contributed by atoms with E-state index in [4.69, 9.17) is 4.74 Å². The molecule has 4 heteroatoms. The van der Waals surface area contributed by atoms with Crippen LogP contribution in [0.3, 0.4) is 0 Å². The molecule has 1 aliphatic heterocycles. The molecule has 0 unspecified atom stereocenters. The van der Waals surface area contributed by atoms with Crippen LogP contribution >= 0.6 is 27.7 Å². The quantitative estimate of drug-likeness (QED) is 0.731. The van der Waals surface area contributed by atoms with Gasteiger partial charge in [0.1, 0.15) is 5.75 Å². The van der Waals surface area contributed by atoms with Crippen molar-refractivity contribution in [1.29, 1.82) is 0 Å². The molecular weight excluding hydrogens is 336 g/mol. The molecule has 0 fully saturated rings. The molecule has 3 rings (SSSR count). The summed E-state index contributed by atoms with van der Waals surface area (Å²) in [5.74, 6) is 0.873. The molecule has 0 N–H and O–H groups in total. The van der Waals surface area contributed by atoms with Crippen molar-refractivity contribution in [2.45, 2.75) is 4.90 Å². The standard InChI is InChI=1S/C16H11BrO2S/c1-19-13-7-6-10(8-12(13)17)9-15-16(18)11-4-2-3-5-14(11)20-15/h2-9H,1H3/b15-9-. The highest BCUT2D eigenvalue weighted by molar-refractivity contribution is 9.10. The largest absolute Gasteiger partial charge is 0.496 e. The number of allylic oxidation sites excluding steroid dienone is 1. The van der Waals surface area contributed by atoms with Crippen molar-refractivity contribution in [3.8, 4) is 5.75 Å². The molecule has 2 nitrogen and oxygen atoms in total. The first-order valence-electron chi connectivity index (χ1n) is 6.06. The molecule has 0 amide bonds. The molecule has 2 aromatic carbocycles. The third kappa shape index (κ3) is 2.41. The number of hydrogen-bond donors (Lipinski definition) is 0. The predicted octanol–water partition coefficient (Wildman–Crippen LogP) is 4.79. The number of rotatable bonds is 2. The van der Waals surface area contributed by atoms with Gasteiger partial charge in [0.2, 0.25) is 5.78 Å². The molecule has 0 atom stereocenters. The van der Waals surface area contributed by atoms with Gasteiger partial charge in [-0.15, -0.1) is 0 Å². The summed E-state index contributed by atoms with van der Waals surface area (Å²) >= 11 is 4.97. The van der Waals surface area contributed by atoms with Gasteiger partial charge in [-0.25, -0.2) is 0 Å². The summed E-state index contributed by atoms with van der Waals surface area (Å²) in [6, 6.07) is 13.5. The summed E-state index contributed by atoms with van der Waals surface area (Å²) in [7, 11) is 1.63. The number of fused-ring (bicyclic) bond motifs is 1. The summed E-state index contributed by atoms with van der Waals surface area (Å²) in [5, 5.41) is 0. The van der Waals surface area contributed by atoms with E-state index in [1.807, 2.05) is 48.5 Å². The maximum Gasteiger partial charge on any atom is 0.200 e. The second-order valence-electron chi connectivity index (χ2n) is 4.33. The Morgan fingerprint density at radius 3 is 2.70 bits per heavy atom. The van der Waals surface area contributed by atoms with Gasteiger partial charge in [-0.3, -0.25) is 4.79 Å². The number of ether oxygens (including phenoxy) is 1. The number of hydrogen-bond acceptors (Lipinski definition) is 3. The van der Waals surface area contributed by atoms with Gasteiger partial charge in [-0.05, 0) is 51.8 Å². The second-order valence-corrected chi connectivity index (χ2v) is 6.27. The minimum Gasteiger partial charge on any atom is -0.496 e. The lowest BCUT2D eigenvalue weighted by Crippen LogP contribution is -1.93. The fourth-order valence-electron chi connectivity index (χ4n) is 2.06. The molecule has 0 aliphatic carbocycles. The molecule has 100 valence electrons. The first-order chi connectivity index (χ1) is 9.69. The van der Waals surface area contributed by atoms with Gasteiger partial charge in [0.15, 0.2) is 0 Å².